The highest BCUT2D eigenvalue weighted by molar-refractivity contribution is 7.45. The lowest BCUT2D eigenvalue weighted by atomic mass is 10.0. The fourth-order valence-corrected chi connectivity index (χ4v) is 9.44. The molecule has 440 valence electrons. The van der Waals surface area contributed by atoms with Crippen molar-refractivity contribution in [1.82, 2.24) is 5.32 Å². The highest BCUT2D eigenvalue weighted by Crippen LogP contribution is 2.38. The van der Waals surface area contributed by atoms with Crippen LogP contribution in [0.5, 0.6) is 0 Å². The number of nitrogens with zero attached hydrogens (tertiary/aromatic N) is 1. The maximum Gasteiger partial charge on any atom is 0.306 e. The first-order chi connectivity index (χ1) is 36.9. The molecule has 0 rings (SSSR count). The number of allylic oxidation sites excluding steroid dienone is 13. The third-order valence-electron chi connectivity index (χ3n) is 13.6. The zero-order chi connectivity index (χ0) is 55.7. The van der Waals surface area contributed by atoms with E-state index in [0.29, 0.717) is 17.4 Å². The van der Waals surface area contributed by atoms with E-state index in [2.05, 4.69) is 99.0 Å². The van der Waals surface area contributed by atoms with E-state index in [9.17, 15) is 19.0 Å². The number of ether oxygens (including phenoxy) is 1. The molecule has 0 aliphatic rings. The summed E-state index contributed by atoms with van der Waals surface area (Å²) in [4.78, 5) is 39.9. The quantitative estimate of drug-likeness (QED) is 0.0212. The second-order valence-corrected chi connectivity index (χ2v) is 23.6. The van der Waals surface area contributed by atoms with E-state index >= 15 is 0 Å². The lowest BCUT2D eigenvalue weighted by Gasteiger charge is -2.30. The summed E-state index contributed by atoms with van der Waals surface area (Å²) in [5, 5.41) is 3.02. The van der Waals surface area contributed by atoms with Crippen LogP contribution in [0.1, 0.15) is 271 Å². The molecule has 0 heterocycles. The lowest BCUT2D eigenvalue weighted by molar-refractivity contribution is -0.870. The van der Waals surface area contributed by atoms with Gasteiger partial charge in [-0.1, -0.05) is 241 Å². The van der Waals surface area contributed by atoms with Crippen LogP contribution < -0.4 is 10.2 Å². The number of nitrogens with one attached hydrogen (secondary N) is 1. The van der Waals surface area contributed by atoms with Gasteiger partial charge < -0.3 is 28.5 Å². The van der Waals surface area contributed by atoms with Crippen molar-refractivity contribution in [1.29, 1.82) is 0 Å². The molecule has 0 aromatic carbocycles. The number of phosphoric acid groups is 1. The Hall–Kier alpha value is -2.81. The van der Waals surface area contributed by atoms with E-state index in [1.54, 1.807) is 0 Å². The van der Waals surface area contributed by atoms with Gasteiger partial charge >= 0.3 is 5.97 Å². The second-order valence-electron chi connectivity index (χ2n) is 22.2. The van der Waals surface area contributed by atoms with Gasteiger partial charge in [-0.25, -0.2) is 0 Å². The number of quaternary nitrogens is 1. The molecule has 10 heteroatoms. The van der Waals surface area contributed by atoms with Gasteiger partial charge in [0.25, 0.3) is 7.82 Å². The maximum absolute atomic E-state index is 13.5. The maximum atomic E-state index is 13.5. The van der Waals surface area contributed by atoms with E-state index in [1.165, 1.54) is 122 Å². The van der Waals surface area contributed by atoms with Crippen LogP contribution in [0.4, 0.5) is 0 Å². The third kappa shape index (κ3) is 55.9. The van der Waals surface area contributed by atoms with Crippen LogP contribution in [0.2, 0.25) is 0 Å². The van der Waals surface area contributed by atoms with E-state index < -0.39 is 26.6 Å². The summed E-state index contributed by atoms with van der Waals surface area (Å²) in [7, 11) is 1.17. The Labute approximate surface area is 469 Å². The SMILES string of the molecule is CC/C=C/C/C=C/CCCCCCCCCC(=O)NC(COP(=O)([O-])OCC[N+](C)(C)C)C(/C=C\CCCCCCCCCCC)OC(=O)CCCCCCCCCCC/C=C\C/C=C\C/C=C\C/C=C\CCCCC. The number of hydrogen-bond acceptors (Lipinski definition) is 7. The van der Waals surface area contributed by atoms with Gasteiger partial charge in [0.05, 0.1) is 33.8 Å². The first-order valence-corrected chi connectivity index (χ1v) is 32.9. The van der Waals surface area contributed by atoms with Crippen LogP contribution in [0.3, 0.4) is 0 Å². The minimum Gasteiger partial charge on any atom is -0.756 e. The number of phosphoric ester groups is 1. The number of esters is 1. The van der Waals surface area contributed by atoms with Crippen molar-refractivity contribution >= 4 is 19.7 Å². The molecule has 1 amide bonds. The molecule has 0 aliphatic heterocycles. The van der Waals surface area contributed by atoms with Gasteiger partial charge in [-0.3, -0.25) is 14.2 Å². The monoisotopic (exact) mass is 1080 g/mol. The van der Waals surface area contributed by atoms with Crippen molar-refractivity contribution in [3.8, 4) is 0 Å². The topological polar surface area (TPSA) is 114 Å². The summed E-state index contributed by atoms with van der Waals surface area (Å²) in [6, 6.07) is -0.898. The van der Waals surface area contributed by atoms with Gasteiger partial charge in [-0.15, -0.1) is 0 Å². The number of carbonyl (C=O) groups excluding carboxylic acids is 2. The van der Waals surface area contributed by atoms with Gasteiger partial charge in [0.15, 0.2) is 0 Å². The Morgan fingerprint density at radius 1 is 0.474 bits per heavy atom. The Balaban J connectivity index is 5.13. The third-order valence-corrected chi connectivity index (χ3v) is 14.5. The average Bonchev–Trinajstić information content (AvgIpc) is 3.38. The molecular formula is C66H119N2O7P. The summed E-state index contributed by atoms with van der Waals surface area (Å²) in [5.41, 5.74) is 0. The van der Waals surface area contributed by atoms with E-state index in [4.69, 9.17) is 13.8 Å². The molecule has 1 N–H and O–H groups in total. The summed E-state index contributed by atoms with van der Waals surface area (Å²) >= 11 is 0. The zero-order valence-electron chi connectivity index (χ0n) is 50.2. The smallest absolute Gasteiger partial charge is 0.306 e. The summed E-state index contributed by atoms with van der Waals surface area (Å²) in [5.74, 6) is -0.559. The first-order valence-electron chi connectivity index (χ1n) is 31.4. The molecule has 0 spiro atoms. The highest BCUT2D eigenvalue weighted by Gasteiger charge is 2.27. The highest BCUT2D eigenvalue weighted by atomic mass is 31.2. The number of amides is 1. The Morgan fingerprint density at radius 3 is 1.29 bits per heavy atom. The molecule has 0 aromatic heterocycles. The van der Waals surface area contributed by atoms with Gasteiger partial charge in [0, 0.05) is 12.8 Å². The molecule has 3 atom stereocenters. The molecule has 3 unspecified atom stereocenters. The van der Waals surface area contributed by atoms with Crippen molar-refractivity contribution in [2.75, 3.05) is 40.9 Å². The largest absolute Gasteiger partial charge is 0.756 e. The van der Waals surface area contributed by atoms with Crippen molar-refractivity contribution in [2.24, 2.45) is 0 Å². The molecule has 0 fully saturated rings. The number of rotatable bonds is 56. The Bertz CT molecular complexity index is 1580. The molecule has 0 radical (unpaired) electrons. The van der Waals surface area contributed by atoms with Crippen molar-refractivity contribution in [2.45, 2.75) is 283 Å². The van der Waals surface area contributed by atoms with Crippen LogP contribution in [-0.2, 0) is 27.9 Å². The molecular weight excluding hydrogens is 964 g/mol. The number of likely N-dealkylation sites (N-methyl/N-ethyl adjacent to an activating group) is 1. The van der Waals surface area contributed by atoms with Gasteiger partial charge in [-0.05, 0) is 102 Å². The van der Waals surface area contributed by atoms with Crippen molar-refractivity contribution < 1.29 is 37.3 Å². The van der Waals surface area contributed by atoms with Crippen LogP contribution in [-0.4, -0.2) is 69.4 Å². The molecule has 0 aromatic rings. The Morgan fingerprint density at radius 2 is 0.842 bits per heavy atom. The average molecular weight is 1080 g/mol. The lowest BCUT2D eigenvalue weighted by Crippen LogP contribution is -2.47. The molecule has 76 heavy (non-hydrogen) atoms. The predicted octanol–water partition coefficient (Wildman–Crippen LogP) is 18.8. The first kappa shape index (κ1) is 73.2. The number of unbranched alkanes of at least 4 members (excludes halogenated alkanes) is 28. The van der Waals surface area contributed by atoms with Gasteiger partial charge in [0.1, 0.15) is 19.3 Å². The van der Waals surface area contributed by atoms with Crippen LogP contribution in [0, 0.1) is 0 Å². The van der Waals surface area contributed by atoms with E-state index in [-0.39, 0.29) is 24.9 Å². The molecule has 0 saturated heterocycles. The van der Waals surface area contributed by atoms with Crippen molar-refractivity contribution in [3.05, 3.63) is 85.1 Å². The molecule has 0 saturated carbocycles. The molecule has 0 aliphatic carbocycles. The summed E-state index contributed by atoms with van der Waals surface area (Å²) in [6.07, 6.45) is 72.7. The second kappa shape index (κ2) is 55.5. The minimum atomic E-state index is -4.70. The van der Waals surface area contributed by atoms with Crippen LogP contribution in [0.25, 0.3) is 0 Å². The summed E-state index contributed by atoms with van der Waals surface area (Å²) < 4.78 is 30.3. The Kier molecular flexibility index (Phi) is 53.5. The van der Waals surface area contributed by atoms with Crippen molar-refractivity contribution in [3.63, 3.8) is 0 Å². The fourth-order valence-electron chi connectivity index (χ4n) is 8.72. The number of hydrogen-bond donors (Lipinski definition) is 1. The fraction of sp³-hybridized carbons (Fsp3) is 0.758. The number of carbonyl (C=O) groups is 2. The van der Waals surface area contributed by atoms with Crippen LogP contribution in [0.15, 0.2) is 85.1 Å². The molecule has 9 nitrogen and oxygen atoms in total. The zero-order valence-corrected chi connectivity index (χ0v) is 51.1. The van der Waals surface area contributed by atoms with E-state index in [0.717, 1.165) is 116 Å². The molecule has 0 bridgehead atoms. The summed E-state index contributed by atoms with van der Waals surface area (Å²) in [6.45, 7) is 6.69. The normalized spacial score (nSPS) is 14.2. The van der Waals surface area contributed by atoms with Crippen LogP contribution >= 0.6 is 7.82 Å². The van der Waals surface area contributed by atoms with E-state index in [1.807, 2.05) is 33.3 Å². The minimum absolute atomic E-state index is 0.0281. The van der Waals surface area contributed by atoms with Gasteiger partial charge in [0.2, 0.25) is 5.91 Å². The predicted molar refractivity (Wildman–Crippen MR) is 325 cm³/mol. The standard InChI is InChI=1S/C66H119N2O7P/c1-7-10-13-16-19-22-25-27-29-30-31-32-33-34-35-36-37-38-39-41-44-47-50-53-56-59-66(70)75-64(57-54-51-48-45-42-24-21-18-15-12-9-3)63(62-74-76(71,72)73-61-60-68(4,5)6)67-65(69)58-55-52-49-46-43-40-28-26-23-20-17-14-11-8-2/h11,14,19-20,22-23,27,29,31-32,34-35,54,57,63-64H,7-10,12-13,15-18,21,24-26,28,30,33,36-53,55-56,58-62H2,1-6H3,(H-,67,69,71,72)/b14-11+,22-19-,23-20+,29-27-,32-31-,35-34-,57-54-. The van der Waals surface area contributed by atoms with Gasteiger partial charge in [-0.2, -0.15) is 0 Å².